The molecule has 4 N–H and O–H groups in total. The number of nitrogens with zero attached hydrogens (tertiary/aromatic N) is 7. The van der Waals surface area contributed by atoms with E-state index in [2.05, 4.69) is 69.0 Å². The molecule has 6 heterocycles. The Kier molecular flexibility index (Phi) is 11.3. The molecule has 0 bridgehead atoms. The number of ether oxygens (including phenoxy) is 1. The Morgan fingerprint density at radius 3 is 2.36 bits per heavy atom. The average molecular weight is 866 g/mol. The van der Waals surface area contributed by atoms with Gasteiger partial charge in [0.1, 0.15) is 11.9 Å². The van der Waals surface area contributed by atoms with E-state index in [0.717, 1.165) is 80.9 Å². The van der Waals surface area contributed by atoms with Gasteiger partial charge in [0.25, 0.3) is 5.91 Å². The molecule has 334 valence electrons. The van der Waals surface area contributed by atoms with Gasteiger partial charge in [0.05, 0.1) is 23.5 Å². The number of hydrogen-bond donors (Lipinski definition) is 3. The lowest BCUT2D eigenvalue weighted by Gasteiger charge is -2.43. The van der Waals surface area contributed by atoms with E-state index in [9.17, 15) is 19.5 Å². The van der Waals surface area contributed by atoms with Crippen molar-refractivity contribution in [2.24, 2.45) is 5.92 Å². The third-order valence-electron chi connectivity index (χ3n) is 14.6. The van der Waals surface area contributed by atoms with Crippen molar-refractivity contribution in [1.82, 2.24) is 29.9 Å². The van der Waals surface area contributed by atoms with Crippen LogP contribution in [-0.4, -0.2) is 105 Å². The molecule has 1 aliphatic carbocycles. The fraction of sp³-hybridized carbons (Fsp3) is 0.460. The number of urea groups is 1. The van der Waals surface area contributed by atoms with Crippen LogP contribution in [0.3, 0.4) is 0 Å². The Balaban J connectivity index is 0.733. The second kappa shape index (κ2) is 17.2. The Hall–Kier alpha value is -5.99. The number of nitrogens with two attached hydrogens (primary N) is 1. The minimum absolute atomic E-state index is 0.00899. The summed E-state index contributed by atoms with van der Waals surface area (Å²) in [6, 6.07) is 21.4. The third-order valence-corrected chi connectivity index (χ3v) is 14.6. The molecule has 5 fully saturated rings. The van der Waals surface area contributed by atoms with Gasteiger partial charge in [-0.2, -0.15) is 0 Å². The molecule has 0 radical (unpaired) electrons. The fourth-order valence-corrected chi connectivity index (χ4v) is 10.6. The van der Waals surface area contributed by atoms with Crippen LogP contribution in [0.1, 0.15) is 104 Å². The first kappa shape index (κ1) is 42.0. The number of morpholine rings is 1. The number of aromatic hydroxyl groups is 1. The highest BCUT2D eigenvalue weighted by atomic mass is 16.5. The lowest BCUT2D eigenvalue weighted by molar-refractivity contribution is -0.120. The van der Waals surface area contributed by atoms with Crippen molar-refractivity contribution in [3.8, 4) is 17.0 Å². The number of carbonyl (C=O) groups excluding carboxylic acids is 3. The number of carbonyl (C=O) groups is 3. The molecule has 0 spiro atoms. The maximum atomic E-state index is 13.8. The number of amides is 4. The topological polar surface area (TPSA) is 162 Å². The molecule has 2 aromatic heterocycles. The molecule has 4 saturated heterocycles. The molecule has 1 saturated carbocycles. The van der Waals surface area contributed by atoms with Crippen LogP contribution in [0.15, 0.2) is 72.9 Å². The second-order valence-electron chi connectivity index (χ2n) is 18.8. The molecule has 14 nitrogen and oxygen atoms in total. The molecule has 10 rings (SSSR count). The van der Waals surface area contributed by atoms with E-state index in [0.29, 0.717) is 60.0 Å². The van der Waals surface area contributed by atoms with Crippen LogP contribution >= 0.6 is 0 Å². The Morgan fingerprint density at radius 1 is 0.891 bits per heavy atom. The number of aryl methyl sites for hydroxylation is 1. The quantitative estimate of drug-likeness (QED) is 0.135. The van der Waals surface area contributed by atoms with E-state index in [1.54, 1.807) is 17.0 Å². The predicted octanol–water partition coefficient (Wildman–Crippen LogP) is 7.56. The first-order valence-corrected chi connectivity index (χ1v) is 23.2. The molecule has 3 aromatic carbocycles. The van der Waals surface area contributed by atoms with Crippen LogP contribution < -0.4 is 20.9 Å². The van der Waals surface area contributed by atoms with Crippen molar-refractivity contribution in [3.63, 3.8) is 0 Å². The minimum Gasteiger partial charge on any atom is -0.507 e. The summed E-state index contributed by atoms with van der Waals surface area (Å²) in [5.74, 6) is 1.45. The van der Waals surface area contributed by atoms with Crippen LogP contribution in [0.4, 0.5) is 22.0 Å². The standard InChI is InChI=1S/C50H59N9O5/c1-30-24-43-39(25-42(30)57-23-18-47(61)52-50(57)63)40(34-8-9-34)28-59(43)37-16-19-55(20-17-37)27-33-14-21-56(22-15-33)49(62)36-12-10-35(11-13-36)46-29-58(31(2)32(3)64-46)44-26-41(53-54-48(44)51)38-6-4-5-7-45(38)60/h4-7,10-13,24-26,28,31-34,37,46,60H,8-9,14-23,27,29H2,1-3H3,(H2,51,54)(H,52,61,63)/t31-,32+,46+/m1/s1. The van der Waals surface area contributed by atoms with Gasteiger partial charge in [0.2, 0.25) is 5.91 Å². The molecule has 64 heavy (non-hydrogen) atoms. The number of nitrogens with one attached hydrogen (secondary N) is 1. The molecule has 3 atom stereocenters. The van der Waals surface area contributed by atoms with Gasteiger partial charge in [-0.1, -0.05) is 24.3 Å². The molecular formula is C50H59N9O5. The Bertz CT molecular complexity index is 2570. The number of likely N-dealkylation sites (tertiary alicyclic amines) is 2. The zero-order chi connectivity index (χ0) is 44.2. The Labute approximate surface area is 374 Å². The smallest absolute Gasteiger partial charge is 0.328 e. The van der Waals surface area contributed by atoms with Crippen molar-refractivity contribution < 1.29 is 24.2 Å². The monoisotopic (exact) mass is 865 g/mol. The number of rotatable bonds is 9. The van der Waals surface area contributed by atoms with Crippen LogP contribution in [0.25, 0.3) is 22.2 Å². The minimum atomic E-state index is -0.333. The maximum absolute atomic E-state index is 13.8. The molecule has 4 aliphatic heterocycles. The van der Waals surface area contributed by atoms with E-state index in [1.807, 2.05) is 47.4 Å². The van der Waals surface area contributed by atoms with Gasteiger partial charge >= 0.3 is 6.03 Å². The van der Waals surface area contributed by atoms with Crippen molar-refractivity contribution >= 4 is 45.9 Å². The summed E-state index contributed by atoms with van der Waals surface area (Å²) in [4.78, 5) is 47.0. The molecule has 4 amide bonds. The summed E-state index contributed by atoms with van der Waals surface area (Å²) < 4.78 is 9.04. The van der Waals surface area contributed by atoms with Crippen molar-refractivity contribution in [1.29, 1.82) is 0 Å². The molecule has 5 aliphatic rings. The summed E-state index contributed by atoms with van der Waals surface area (Å²) in [6.45, 7) is 11.9. The van der Waals surface area contributed by atoms with E-state index < -0.39 is 0 Å². The van der Waals surface area contributed by atoms with Crippen molar-refractivity contribution in [2.75, 3.05) is 61.3 Å². The number of benzene rings is 3. The number of imide groups is 1. The van der Waals surface area contributed by atoms with Gasteiger partial charge in [-0.25, -0.2) is 4.79 Å². The largest absolute Gasteiger partial charge is 0.507 e. The molecule has 14 heteroatoms. The SMILES string of the molecule is Cc1cc2c(cc1N1CCC(=O)NC1=O)c(C1CC1)cn2C1CCN(CC2CCN(C(=O)c3ccc([C@@H]4CN(c5cc(-c6ccccc6O)nnc5N)[C@H](C)[C@H](C)O4)cc3)CC2)CC1. The summed E-state index contributed by atoms with van der Waals surface area (Å²) in [5.41, 5.74) is 14.6. The number of anilines is 3. The predicted molar refractivity (Wildman–Crippen MR) is 248 cm³/mol. The molecule has 0 unspecified atom stereocenters. The molecule has 5 aromatic rings. The number of piperidine rings is 2. The number of para-hydroxylation sites is 1. The summed E-state index contributed by atoms with van der Waals surface area (Å²) >= 11 is 0. The fourth-order valence-electron chi connectivity index (χ4n) is 10.6. The van der Waals surface area contributed by atoms with Gasteiger partial charge in [-0.15, -0.1) is 10.2 Å². The van der Waals surface area contributed by atoms with Crippen LogP contribution in [0.5, 0.6) is 5.75 Å². The molecular weight excluding hydrogens is 807 g/mol. The van der Waals surface area contributed by atoms with Gasteiger partial charge in [-0.05, 0) is 130 Å². The first-order chi connectivity index (χ1) is 31.0. The van der Waals surface area contributed by atoms with E-state index >= 15 is 0 Å². The van der Waals surface area contributed by atoms with E-state index in [4.69, 9.17) is 10.5 Å². The van der Waals surface area contributed by atoms with Crippen LogP contribution in [-0.2, 0) is 9.53 Å². The van der Waals surface area contributed by atoms with E-state index in [1.165, 1.54) is 29.3 Å². The lowest BCUT2D eigenvalue weighted by atomic mass is 9.94. The van der Waals surface area contributed by atoms with Gasteiger partial charge in [0.15, 0.2) is 5.82 Å². The van der Waals surface area contributed by atoms with Crippen molar-refractivity contribution in [2.45, 2.75) is 95.9 Å². The number of phenols is 1. The van der Waals surface area contributed by atoms with Gasteiger partial charge in [-0.3, -0.25) is 19.8 Å². The maximum Gasteiger partial charge on any atom is 0.328 e. The number of nitrogen functional groups attached to an aromatic ring is 1. The summed E-state index contributed by atoms with van der Waals surface area (Å²) in [6.07, 6.45) is 8.96. The van der Waals surface area contributed by atoms with Gasteiger partial charge < -0.3 is 34.8 Å². The number of fused-ring (bicyclic) bond motifs is 1. The van der Waals surface area contributed by atoms with Crippen LogP contribution in [0.2, 0.25) is 0 Å². The van der Waals surface area contributed by atoms with Crippen molar-refractivity contribution in [3.05, 3.63) is 95.2 Å². The van der Waals surface area contributed by atoms with E-state index in [-0.39, 0.29) is 41.8 Å². The number of phenolic OH excluding ortho intramolecular Hbond substituents is 1. The zero-order valence-corrected chi connectivity index (χ0v) is 37.1. The highest BCUT2D eigenvalue weighted by molar-refractivity contribution is 6.07. The lowest BCUT2D eigenvalue weighted by Crippen LogP contribution is -2.50. The zero-order valence-electron chi connectivity index (χ0n) is 37.1. The number of hydrogen-bond acceptors (Lipinski definition) is 10. The summed E-state index contributed by atoms with van der Waals surface area (Å²) in [7, 11) is 0. The third kappa shape index (κ3) is 8.17. The average Bonchev–Trinajstić information content (AvgIpc) is 4.09. The Morgan fingerprint density at radius 2 is 1.64 bits per heavy atom. The van der Waals surface area contributed by atoms with Gasteiger partial charge in [0, 0.05) is 92.2 Å². The first-order valence-electron chi connectivity index (χ1n) is 23.2. The number of aromatic nitrogens is 3. The highest BCUT2D eigenvalue weighted by Gasteiger charge is 2.36. The highest BCUT2D eigenvalue weighted by Crippen LogP contribution is 2.47. The normalized spacial score (nSPS) is 22.9. The summed E-state index contributed by atoms with van der Waals surface area (Å²) in [5, 5.41) is 22.7. The van der Waals surface area contributed by atoms with Crippen LogP contribution in [0, 0.1) is 12.8 Å². The second-order valence-corrected chi connectivity index (χ2v) is 18.8.